The first-order chi connectivity index (χ1) is 9.24. The number of nitrogens with one attached hydrogen (secondary N) is 1. The molecule has 1 unspecified atom stereocenters. The first-order valence-electron chi connectivity index (χ1n) is 7.08. The summed E-state index contributed by atoms with van der Waals surface area (Å²) < 4.78 is 0. The molecule has 0 bridgehead atoms. The molecule has 0 spiro atoms. The van der Waals surface area contributed by atoms with Crippen molar-refractivity contribution < 1.29 is 0 Å². The van der Waals surface area contributed by atoms with Crippen LogP contribution in [0.4, 0.5) is 0 Å². The van der Waals surface area contributed by atoms with Gasteiger partial charge in [0.2, 0.25) is 0 Å². The topological polar surface area (TPSA) is 12.0 Å². The first kappa shape index (κ1) is 14.3. The fourth-order valence-electron chi connectivity index (χ4n) is 2.28. The van der Waals surface area contributed by atoms with Gasteiger partial charge in [-0.3, -0.25) is 0 Å². The molecule has 1 nitrogen and oxygen atoms in total. The minimum absolute atomic E-state index is 0.449. The van der Waals surface area contributed by atoms with Gasteiger partial charge in [-0.1, -0.05) is 38.1 Å². The van der Waals surface area contributed by atoms with Crippen molar-refractivity contribution in [2.75, 3.05) is 0 Å². The van der Waals surface area contributed by atoms with Gasteiger partial charge >= 0.3 is 0 Å². The van der Waals surface area contributed by atoms with Crippen LogP contribution in [0.15, 0.2) is 35.0 Å². The zero-order chi connectivity index (χ0) is 13.7. The highest BCUT2D eigenvalue weighted by molar-refractivity contribution is 7.08. The number of hydrogen-bond acceptors (Lipinski definition) is 2. The van der Waals surface area contributed by atoms with Gasteiger partial charge in [0.15, 0.2) is 0 Å². The summed E-state index contributed by atoms with van der Waals surface area (Å²) in [6.07, 6.45) is 2.23. The highest BCUT2D eigenvalue weighted by Gasteiger charge is 2.09. The zero-order valence-electron chi connectivity index (χ0n) is 12.1. The molecule has 1 aromatic carbocycles. The average molecular weight is 273 g/mol. The largest absolute Gasteiger partial charge is 0.306 e. The van der Waals surface area contributed by atoms with Gasteiger partial charge in [0.1, 0.15) is 0 Å². The van der Waals surface area contributed by atoms with Gasteiger partial charge < -0.3 is 5.32 Å². The van der Waals surface area contributed by atoms with Crippen LogP contribution in [0.5, 0.6) is 0 Å². The molecule has 0 fully saturated rings. The zero-order valence-corrected chi connectivity index (χ0v) is 12.9. The molecule has 102 valence electrons. The van der Waals surface area contributed by atoms with E-state index in [-0.39, 0.29) is 0 Å². The highest BCUT2D eigenvalue weighted by atomic mass is 32.1. The standard InChI is InChI=1S/C17H23NS/c1-4-14-6-8-15(9-7-14)17(5-2)18-10-16-12-19-11-13(16)3/h6-9,11-12,17-18H,4-5,10H2,1-3H3. The van der Waals surface area contributed by atoms with Crippen molar-refractivity contribution in [1.82, 2.24) is 5.32 Å². The molecule has 2 rings (SSSR count). The van der Waals surface area contributed by atoms with E-state index in [4.69, 9.17) is 0 Å². The molecular weight excluding hydrogens is 250 g/mol. The maximum absolute atomic E-state index is 3.67. The Hall–Kier alpha value is -1.12. The van der Waals surface area contributed by atoms with Gasteiger partial charge in [-0.15, -0.1) is 0 Å². The van der Waals surface area contributed by atoms with Gasteiger partial charge in [0.05, 0.1) is 0 Å². The van der Waals surface area contributed by atoms with Crippen LogP contribution < -0.4 is 5.32 Å². The van der Waals surface area contributed by atoms with Crippen molar-refractivity contribution in [1.29, 1.82) is 0 Å². The quantitative estimate of drug-likeness (QED) is 0.792. The predicted octanol–water partition coefficient (Wildman–Crippen LogP) is 4.86. The lowest BCUT2D eigenvalue weighted by molar-refractivity contribution is 0.518. The molecule has 2 aromatic rings. The lowest BCUT2D eigenvalue weighted by atomic mass is 10.0. The van der Waals surface area contributed by atoms with E-state index in [9.17, 15) is 0 Å². The Morgan fingerprint density at radius 2 is 1.84 bits per heavy atom. The maximum Gasteiger partial charge on any atom is 0.0320 e. The molecule has 1 heterocycles. The average Bonchev–Trinajstić information content (AvgIpc) is 2.86. The molecule has 0 radical (unpaired) electrons. The molecule has 1 aromatic heterocycles. The van der Waals surface area contributed by atoms with Crippen molar-refractivity contribution >= 4 is 11.3 Å². The third kappa shape index (κ3) is 3.68. The Balaban J connectivity index is 2.01. The van der Waals surface area contributed by atoms with Crippen LogP contribution >= 0.6 is 11.3 Å². The summed E-state index contributed by atoms with van der Waals surface area (Å²) >= 11 is 1.79. The van der Waals surface area contributed by atoms with E-state index >= 15 is 0 Å². The number of thiophene rings is 1. The monoisotopic (exact) mass is 273 g/mol. The van der Waals surface area contributed by atoms with Gasteiger partial charge in [-0.25, -0.2) is 0 Å². The van der Waals surface area contributed by atoms with Crippen molar-refractivity contribution in [3.8, 4) is 0 Å². The Kier molecular flexibility index (Phi) is 5.17. The molecule has 0 saturated carbocycles. The second-order valence-corrected chi connectivity index (χ2v) is 5.76. The normalized spacial score (nSPS) is 12.6. The second kappa shape index (κ2) is 6.88. The minimum atomic E-state index is 0.449. The fraction of sp³-hybridized carbons (Fsp3) is 0.412. The van der Waals surface area contributed by atoms with Crippen molar-refractivity contribution in [2.45, 2.75) is 46.2 Å². The van der Waals surface area contributed by atoms with Crippen molar-refractivity contribution in [3.05, 3.63) is 57.3 Å². The predicted molar refractivity (Wildman–Crippen MR) is 84.7 cm³/mol. The van der Waals surface area contributed by atoms with Gasteiger partial charge in [-0.05, 0) is 52.8 Å². The van der Waals surface area contributed by atoms with E-state index in [1.807, 2.05) is 0 Å². The summed E-state index contributed by atoms with van der Waals surface area (Å²) in [7, 11) is 0. The molecule has 0 aliphatic rings. The Morgan fingerprint density at radius 3 is 2.37 bits per heavy atom. The molecule has 1 N–H and O–H groups in total. The number of aryl methyl sites for hydroxylation is 2. The molecule has 1 atom stereocenters. The van der Waals surface area contributed by atoms with Crippen LogP contribution in [0.2, 0.25) is 0 Å². The summed E-state index contributed by atoms with van der Waals surface area (Å²) in [6.45, 7) is 7.59. The molecule has 19 heavy (non-hydrogen) atoms. The highest BCUT2D eigenvalue weighted by Crippen LogP contribution is 2.20. The van der Waals surface area contributed by atoms with E-state index in [1.54, 1.807) is 11.3 Å². The van der Waals surface area contributed by atoms with Gasteiger partial charge in [0.25, 0.3) is 0 Å². The Morgan fingerprint density at radius 1 is 1.11 bits per heavy atom. The Labute approximate surface area is 120 Å². The smallest absolute Gasteiger partial charge is 0.0320 e. The van der Waals surface area contributed by atoms with Crippen molar-refractivity contribution in [2.24, 2.45) is 0 Å². The van der Waals surface area contributed by atoms with Crippen LogP contribution in [0.25, 0.3) is 0 Å². The number of hydrogen-bond donors (Lipinski definition) is 1. The van der Waals surface area contributed by atoms with Crippen LogP contribution in [0, 0.1) is 6.92 Å². The lowest BCUT2D eigenvalue weighted by Gasteiger charge is -2.18. The molecular formula is C17H23NS. The van der Waals surface area contributed by atoms with E-state index < -0.39 is 0 Å². The lowest BCUT2D eigenvalue weighted by Crippen LogP contribution is -2.20. The fourth-order valence-corrected chi connectivity index (χ4v) is 3.14. The Bertz CT molecular complexity index is 498. The van der Waals surface area contributed by atoms with Crippen molar-refractivity contribution in [3.63, 3.8) is 0 Å². The molecule has 0 saturated heterocycles. The first-order valence-corrected chi connectivity index (χ1v) is 8.02. The third-order valence-corrected chi connectivity index (χ3v) is 4.61. The van der Waals surface area contributed by atoms with Gasteiger partial charge in [0, 0.05) is 12.6 Å². The summed E-state index contributed by atoms with van der Waals surface area (Å²) in [6, 6.07) is 9.47. The molecule has 0 amide bonds. The van der Waals surface area contributed by atoms with Crippen LogP contribution in [-0.2, 0) is 13.0 Å². The van der Waals surface area contributed by atoms with Crippen LogP contribution in [0.3, 0.4) is 0 Å². The molecule has 2 heteroatoms. The van der Waals surface area contributed by atoms with E-state index in [2.05, 4.69) is 61.1 Å². The van der Waals surface area contributed by atoms with E-state index in [0.29, 0.717) is 6.04 Å². The summed E-state index contributed by atoms with van der Waals surface area (Å²) in [4.78, 5) is 0. The summed E-state index contributed by atoms with van der Waals surface area (Å²) in [5, 5.41) is 8.13. The number of rotatable bonds is 6. The number of benzene rings is 1. The van der Waals surface area contributed by atoms with E-state index in [0.717, 1.165) is 19.4 Å². The summed E-state index contributed by atoms with van der Waals surface area (Å²) in [5.74, 6) is 0. The second-order valence-electron chi connectivity index (χ2n) is 5.02. The minimum Gasteiger partial charge on any atom is -0.306 e. The maximum atomic E-state index is 3.67. The summed E-state index contributed by atoms with van der Waals surface area (Å²) in [5.41, 5.74) is 5.63. The van der Waals surface area contributed by atoms with Crippen LogP contribution in [-0.4, -0.2) is 0 Å². The van der Waals surface area contributed by atoms with Gasteiger partial charge in [-0.2, -0.15) is 11.3 Å². The SMILES string of the molecule is CCc1ccc(C(CC)NCc2cscc2C)cc1. The third-order valence-electron chi connectivity index (χ3n) is 3.70. The molecule has 0 aliphatic heterocycles. The molecule has 0 aliphatic carbocycles. The van der Waals surface area contributed by atoms with Crippen LogP contribution in [0.1, 0.15) is 48.6 Å². The van der Waals surface area contributed by atoms with E-state index in [1.165, 1.54) is 22.3 Å².